The van der Waals surface area contributed by atoms with Crippen molar-refractivity contribution >= 4 is 57.6 Å². The van der Waals surface area contributed by atoms with E-state index in [-0.39, 0.29) is 11.2 Å². The number of hydrogen-bond donors (Lipinski definition) is 2. The first-order chi connectivity index (χ1) is 12.0. The van der Waals surface area contributed by atoms with Gasteiger partial charge in [0.2, 0.25) is 5.91 Å². The third kappa shape index (κ3) is 4.21. The smallest absolute Gasteiger partial charge is 0.237 e. The number of halogens is 2. The summed E-state index contributed by atoms with van der Waals surface area (Å²) in [5, 5.41) is 4.01. The van der Waals surface area contributed by atoms with Crippen molar-refractivity contribution in [1.82, 2.24) is 9.97 Å². The summed E-state index contributed by atoms with van der Waals surface area (Å²) in [5.41, 5.74) is 2.15. The van der Waals surface area contributed by atoms with Crippen LogP contribution in [0.2, 0.25) is 10.0 Å². The molecule has 3 aromatic rings. The van der Waals surface area contributed by atoms with E-state index in [1.165, 1.54) is 11.8 Å². The number of imidazole rings is 1. The number of thioether (sulfide) groups is 1. The number of nitrogens with zero attached hydrogens (tertiary/aromatic N) is 1. The van der Waals surface area contributed by atoms with Crippen molar-refractivity contribution in [2.75, 3.05) is 12.4 Å². The van der Waals surface area contributed by atoms with Crippen LogP contribution in [0.4, 0.5) is 5.69 Å². The van der Waals surface area contributed by atoms with E-state index in [0.717, 1.165) is 16.8 Å². The Morgan fingerprint density at radius 3 is 2.84 bits per heavy atom. The number of H-pyrrole nitrogens is 1. The molecule has 25 heavy (non-hydrogen) atoms. The first-order valence-electron chi connectivity index (χ1n) is 7.42. The van der Waals surface area contributed by atoms with E-state index in [9.17, 15) is 4.79 Å². The van der Waals surface area contributed by atoms with Crippen LogP contribution in [0.3, 0.4) is 0 Å². The van der Waals surface area contributed by atoms with Crippen LogP contribution < -0.4 is 10.1 Å². The summed E-state index contributed by atoms with van der Waals surface area (Å²) in [6.07, 6.45) is 0. The highest BCUT2D eigenvalue weighted by atomic mass is 35.5. The third-order valence-corrected chi connectivity index (χ3v) is 5.06. The molecule has 1 amide bonds. The molecule has 0 bridgehead atoms. The number of amides is 1. The van der Waals surface area contributed by atoms with Gasteiger partial charge in [0, 0.05) is 11.1 Å². The summed E-state index contributed by atoms with van der Waals surface area (Å²) in [6.45, 7) is 1.80. The Hall–Kier alpha value is -1.89. The lowest BCUT2D eigenvalue weighted by molar-refractivity contribution is -0.115. The first-order valence-corrected chi connectivity index (χ1v) is 9.06. The maximum atomic E-state index is 12.4. The van der Waals surface area contributed by atoms with Gasteiger partial charge in [-0.1, -0.05) is 35.0 Å². The number of fused-ring (bicyclic) bond motifs is 1. The second-order valence-corrected chi connectivity index (χ2v) is 7.47. The molecule has 5 nitrogen and oxygen atoms in total. The second kappa shape index (κ2) is 7.56. The molecule has 1 aromatic heterocycles. The number of aromatic nitrogens is 2. The number of carbonyl (C=O) groups is 1. The molecular formula is C17H15Cl2N3O2S. The second-order valence-electron chi connectivity index (χ2n) is 5.30. The number of ether oxygens (including phenoxy) is 1. The maximum absolute atomic E-state index is 12.4. The van der Waals surface area contributed by atoms with Crippen LogP contribution in [-0.2, 0) is 4.79 Å². The first kappa shape index (κ1) is 17.9. The fourth-order valence-corrected chi connectivity index (χ4v) is 3.35. The lowest BCUT2D eigenvalue weighted by Crippen LogP contribution is -2.22. The number of hydrogen-bond acceptors (Lipinski definition) is 4. The maximum Gasteiger partial charge on any atom is 0.237 e. The van der Waals surface area contributed by atoms with Gasteiger partial charge < -0.3 is 15.0 Å². The van der Waals surface area contributed by atoms with Crippen molar-refractivity contribution < 1.29 is 9.53 Å². The van der Waals surface area contributed by atoms with E-state index in [1.54, 1.807) is 32.2 Å². The van der Waals surface area contributed by atoms with E-state index in [1.807, 2.05) is 18.2 Å². The van der Waals surface area contributed by atoms with Crippen LogP contribution in [0.1, 0.15) is 6.92 Å². The topological polar surface area (TPSA) is 67.0 Å². The lowest BCUT2D eigenvalue weighted by Gasteiger charge is -2.12. The van der Waals surface area contributed by atoms with E-state index in [4.69, 9.17) is 27.9 Å². The van der Waals surface area contributed by atoms with Crippen LogP contribution in [0.25, 0.3) is 11.0 Å². The van der Waals surface area contributed by atoms with Crippen molar-refractivity contribution in [3.8, 4) is 5.75 Å². The van der Waals surface area contributed by atoms with Gasteiger partial charge in [-0.25, -0.2) is 4.98 Å². The average Bonchev–Trinajstić information content (AvgIpc) is 2.99. The average molecular weight is 396 g/mol. The van der Waals surface area contributed by atoms with Crippen molar-refractivity contribution in [2.45, 2.75) is 17.3 Å². The van der Waals surface area contributed by atoms with Crippen LogP contribution in [0.5, 0.6) is 5.75 Å². The normalized spacial score (nSPS) is 12.2. The minimum Gasteiger partial charge on any atom is -0.497 e. The highest BCUT2D eigenvalue weighted by molar-refractivity contribution is 8.00. The van der Waals surface area contributed by atoms with Gasteiger partial charge in [0.25, 0.3) is 0 Å². The highest BCUT2D eigenvalue weighted by Crippen LogP contribution is 2.29. The summed E-state index contributed by atoms with van der Waals surface area (Å²) >= 11 is 13.3. The molecule has 2 aromatic carbocycles. The predicted molar refractivity (Wildman–Crippen MR) is 103 cm³/mol. The number of methoxy groups -OCH3 is 1. The number of nitrogens with one attached hydrogen (secondary N) is 2. The molecule has 1 unspecified atom stereocenters. The summed E-state index contributed by atoms with van der Waals surface area (Å²) in [4.78, 5) is 20.1. The van der Waals surface area contributed by atoms with Gasteiger partial charge in [-0.2, -0.15) is 0 Å². The highest BCUT2D eigenvalue weighted by Gasteiger charge is 2.18. The van der Waals surface area contributed by atoms with E-state index in [2.05, 4.69) is 15.3 Å². The number of aromatic amines is 1. The Morgan fingerprint density at radius 2 is 2.08 bits per heavy atom. The molecule has 0 radical (unpaired) electrons. The number of benzene rings is 2. The number of anilines is 1. The van der Waals surface area contributed by atoms with Crippen LogP contribution in [-0.4, -0.2) is 28.2 Å². The molecule has 1 atom stereocenters. The van der Waals surface area contributed by atoms with Crippen LogP contribution >= 0.6 is 35.0 Å². The number of rotatable bonds is 5. The Kier molecular flexibility index (Phi) is 5.42. The minimum absolute atomic E-state index is 0.188. The summed E-state index contributed by atoms with van der Waals surface area (Å²) in [7, 11) is 1.61. The molecule has 0 aliphatic heterocycles. The molecule has 8 heteroatoms. The van der Waals surface area contributed by atoms with Gasteiger partial charge in [-0.3, -0.25) is 4.79 Å². The standard InChI is InChI=1S/C17H15Cl2N3O2S/c1-9(16(23)20-14-7-10(18)3-5-12(14)19)25-17-21-13-6-4-11(24-2)8-15(13)22-17/h3-9H,1-2H3,(H,20,23)(H,21,22). The molecule has 0 spiro atoms. The van der Waals surface area contributed by atoms with Crippen molar-refractivity contribution in [2.24, 2.45) is 0 Å². The SMILES string of the molecule is COc1ccc2nc(SC(C)C(=O)Nc3cc(Cl)ccc3Cl)[nH]c2c1. The molecule has 2 N–H and O–H groups in total. The van der Waals surface area contributed by atoms with Gasteiger partial charge >= 0.3 is 0 Å². The molecule has 0 fully saturated rings. The molecule has 130 valence electrons. The zero-order valence-corrected chi connectivity index (χ0v) is 15.8. The van der Waals surface area contributed by atoms with Crippen LogP contribution in [0, 0.1) is 0 Å². The Labute approximate surface area is 159 Å². The van der Waals surface area contributed by atoms with Gasteiger partial charge in [-0.15, -0.1) is 0 Å². The van der Waals surface area contributed by atoms with Crippen molar-refractivity contribution in [1.29, 1.82) is 0 Å². The molecule has 0 aliphatic rings. The van der Waals surface area contributed by atoms with Gasteiger partial charge in [-0.05, 0) is 37.3 Å². The third-order valence-electron chi connectivity index (χ3n) is 3.51. The Bertz CT molecular complexity index is 929. The molecule has 1 heterocycles. The zero-order chi connectivity index (χ0) is 18.0. The van der Waals surface area contributed by atoms with Crippen molar-refractivity contribution in [3.05, 3.63) is 46.4 Å². The molecule has 0 aliphatic carbocycles. The largest absolute Gasteiger partial charge is 0.497 e. The molecular weight excluding hydrogens is 381 g/mol. The Balaban J connectivity index is 1.71. The van der Waals surface area contributed by atoms with E-state index >= 15 is 0 Å². The lowest BCUT2D eigenvalue weighted by atomic mass is 10.3. The molecule has 0 saturated heterocycles. The minimum atomic E-state index is -0.377. The Morgan fingerprint density at radius 1 is 1.28 bits per heavy atom. The molecule has 3 rings (SSSR count). The summed E-state index contributed by atoms with van der Waals surface area (Å²) in [6, 6.07) is 10.5. The van der Waals surface area contributed by atoms with E-state index < -0.39 is 0 Å². The van der Waals surface area contributed by atoms with Crippen LogP contribution in [0.15, 0.2) is 41.6 Å². The monoisotopic (exact) mass is 395 g/mol. The quantitative estimate of drug-likeness (QED) is 0.596. The summed E-state index contributed by atoms with van der Waals surface area (Å²) in [5.74, 6) is 0.557. The van der Waals surface area contributed by atoms with Crippen molar-refractivity contribution in [3.63, 3.8) is 0 Å². The fourth-order valence-electron chi connectivity index (χ4n) is 2.20. The fraction of sp³-hybridized carbons (Fsp3) is 0.176. The zero-order valence-electron chi connectivity index (χ0n) is 13.5. The molecule has 0 saturated carbocycles. The summed E-state index contributed by atoms with van der Waals surface area (Å²) < 4.78 is 5.20. The van der Waals surface area contributed by atoms with Gasteiger partial charge in [0.15, 0.2) is 5.16 Å². The predicted octanol–water partition coefficient (Wildman–Crippen LogP) is 5.00. The van der Waals surface area contributed by atoms with E-state index in [0.29, 0.717) is 20.9 Å². The number of carbonyl (C=O) groups excluding carboxylic acids is 1. The van der Waals surface area contributed by atoms with Gasteiger partial charge in [0.05, 0.1) is 34.1 Å². The van der Waals surface area contributed by atoms with Gasteiger partial charge in [0.1, 0.15) is 5.75 Å².